The Kier molecular flexibility index (Phi) is 6.97. The molecule has 7 heteroatoms. The predicted octanol–water partition coefficient (Wildman–Crippen LogP) is 2.40. The maximum absolute atomic E-state index is 13.0. The van der Waals surface area contributed by atoms with Crippen LogP contribution in [-0.2, 0) is 27.4 Å². The molecule has 1 heterocycles. The van der Waals surface area contributed by atoms with Crippen molar-refractivity contribution < 1.29 is 24.2 Å². The van der Waals surface area contributed by atoms with Crippen LogP contribution in [0.3, 0.4) is 0 Å². The van der Waals surface area contributed by atoms with Gasteiger partial charge in [-0.15, -0.1) is 0 Å². The highest BCUT2D eigenvalue weighted by molar-refractivity contribution is 5.99. The van der Waals surface area contributed by atoms with Gasteiger partial charge in [-0.25, -0.2) is 14.5 Å². The van der Waals surface area contributed by atoms with Crippen LogP contribution in [-0.4, -0.2) is 46.6 Å². The van der Waals surface area contributed by atoms with E-state index in [1.54, 1.807) is 48.5 Å². The summed E-state index contributed by atoms with van der Waals surface area (Å²) in [6.07, 6.45) is 0.323. The molecule has 1 aliphatic heterocycles. The Hall–Kier alpha value is -3.19. The maximum Gasteiger partial charge on any atom is 0.417 e. The highest BCUT2D eigenvalue weighted by Gasteiger charge is 2.40. The van der Waals surface area contributed by atoms with E-state index in [4.69, 9.17) is 4.74 Å². The van der Waals surface area contributed by atoms with Gasteiger partial charge < -0.3 is 15.2 Å². The van der Waals surface area contributed by atoms with E-state index in [2.05, 4.69) is 11.4 Å². The van der Waals surface area contributed by atoms with E-state index < -0.39 is 30.1 Å². The Labute approximate surface area is 169 Å². The van der Waals surface area contributed by atoms with Crippen molar-refractivity contribution in [3.63, 3.8) is 0 Å². The minimum Gasteiger partial charge on any atom is -0.480 e. The molecule has 0 aromatic heterocycles. The summed E-state index contributed by atoms with van der Waals surface area (Å²) < 4.78 is 5.30. The molecular weight excluding hydrogens is 372 g/mol. The Morgan fingerprint density at radius 3 is 2.55 bits per heavy atom. The SMILES string of the molecule is O=C(O)C(Cc1[c]cccc1)N(C(=O)OCc1ccccc1)C(=O)C1CCCN1. The van der Waals surface area contributed by atoms with Crippen LogP contribution in [0.5, 0.6) is 0 Å². The van der Waals surface area contributed by atoms with Crippen LogP contribution < -0.4 is 5.32 Å². The van der Waals surface area contributed by atoms with Crippen LogP contribution in [0.2, 0.25) is 0 Å². The zero-order valence-corrected chi connectivity index (χ0v) is 15.9. The molecule has 0 aliphatic carbocycles. The average molecular weight is 395 g/mol. The van der Waals surface area contributed by atoms with E-state index >= 15 is 0 Å². The number of rotatable bonds is 7. The first-order valence-corrected chi connectivity index (χ1v) is 9.52. The van der Waals surface area contributed by atoms with Crippen molar-refractivity contribution in [3.05, 3.63) is 71.8 Å². The zero-order chi connectivity index (χ0) is 20.6. The molecule has 0 saturated carbocycles. The molecule has 2 unspecified atom stereocenters. The van der Waals surface area contributed by atoms with Gasteiger partial charge in [0.25, 0.3) is 0 Å². The summed E-state index contributed by atoms with van der Waals surface area (Å²) in [6.45, 7) is 0.596. The van der Waals surface area contributed by atoms with Gasteiger partial charge in [0.15, 0.2) is 0 Å². The molecule has 2 aromatic rings. The molecule has 0 spiro atoms. The Bertz CT molecular complexity index is 835. The van der Waals surface area contributed by atoms with Crippen molar-refractivity contribution in [1.29, 1.82) is 0 Å². The van der Waals surface area contributed by atoms with Crippen molar-refractivity contribution in [1.82, 2.24) is 10.2 Å². The third kappa shape index (κ3) is 5.42. The van der Waals surface area contributed by atoms with E-state index in [9.17, 15) is 19.5 Å². The zero-order valence-electron chi connectivity index (χ0n) is 15.9. The molecule has 7 nitrogen and oxygen atoms in total. The number of carboxylic acids is 1. The number of carbonyl (C=O) groups excluding carboxylic acids is 2. The quantitative estimate of drug-likeness (QED) is 0.747. The second-order valence-corrected chi connectivity index (χ2v) is 6.84. The smallest absolute Gasteiger partial charge is 0.417 e. The lowest BCUT2D eigenvalue weighted by Gasteiger charge is -2.28. The third-order valence-electron chi connectivity index (χ3n) is 4.78. The number of imide groups is 1. The number of hydrogen-bond acceptors (Lipinski definition) is 5. The number of aliphatic carboxylic acids is 1. The molecule has 151 valence electrons. The van der Waals surface area contributed by atoms with Crippen molar-refractivity contribution in [3.8, 4) is 0 Å². The van der Waals surface area contributed by atoms with E-state index in [0.717, 1.165) is 16.9 Å². The molecule has 3 rings (SSSR count). The third-order valence-corrected chi connectivity index (χ3v) is 4.78. The minimum atomic E-state index is -1.38. The summed E-state index contributed by atoms with van der Waals surface area (Å²) in [4.78, 5) is 38.6. The van der Waals surface area contributed by atoms with Gasteiger partial charge in [-0.1, -0.05) is 54.6 Å². The molecule has 2 amide bonds. The van der Waals surface area contributed by atoms with Crippen LogP contribution in [0.15, 0.2) is 54.6 Å². The molecule has 1 aliphatic rings. The van der Waals surface area contributed by atoms with E-state index in [0.29, 0.717) is 18.5 Å². The van der Waals surface area contributed by atoms with Gasteiger partial charge in [0.2, 0.25) is 5.91 Å². The number of hydrogen-bond donors (Lipinski definition) is 2. The van der Waals surface area contributed by atoms with Gasteiger partial charge in [-0.3, -0.25) is 4.79 Å². The summed E-state index contributed by atoms with van der Waals surface area (Å²) in [5.74, 6) is -1.85. The number of benzene rings is 2. The molecule has 1 saturated heterocycles. The fourth-order valence-electron chi connectivity index (χ4n) is 3.28. The molecule has 2 N–H and O–H groups in total. The number of ether oxygens (including phenoxy) is 1. The lowest BCUT2D eigenvalue weighted by atomic mass is 10.0. The first-order valence-electron chi connectivity index (χ1n) is 9.52. The fourth-order valence-corrected chi connectivity index (χ4v) is 3.28. The minimum absolute atomic E-state index is 0.0466. The largest absolute Gasteiger partial charge is 0.480 e. The highest BCUT2D eigenvalue weighted by Crippen LogP contribution is 2.17. The van der Waals surface area contributed by atoms with Gasteiger partial charge in [-0.2, -0.15) is 0 Å². The summed E-state index contributed by atoms with van der Waals surface area (Å²) >= 11 is 0. The monoisotopic (exact) mass is 395 g/mol. The number of carboxylic acid groups (broad SMARTS) is 1. The van der Waals surface area contributed by atoms with Gasteiger partial charge in [0.05, 0.1) is 6.04 Å². The molecule has 1 radical (unpaired) electrons. The van der Waals surface area contributed by atoms with Crippen molar-refractivity contribution >= 4 is 18.0 Å². The number of amides is 2. The Morgan fingerprint density at radius 2 is 1.93 bits per heavy atom. The first kappa shape index (κ1) is 20.5. The van der Waals surface area contributed by atoms with Crippen molar-refractivity contribution in [2.75, 3.05) is 6.54 Å². The summed E-state index contributed by atoms with van der Waals surface area (Å²) in [6, 6.07) is 16.9. The van der Waals surface area contributed by atoms with Gasteiger partial charge in [-0.05, 0) is 36.6 Å². The second kappa shape index (κ2) is 9.84. The van der Waals surface area contributed by atoms with Gasteiger partial charge in [0, 0.05) is 6.42 Å². The highest BCUT2D eigenvalue weighted by atomic mass is 16.6. The standard InChI is InChI=1S/C22H23N2O5/c25-20(18-12-7-13-23-18)24(22(28)29-15-17-10-5-2-6-11-17)19(21(26)27)14-16-8-3-1-4-9-16/h1-6,8,10-11,18-19,23H,7,12-15H2,(H,26,27). The Balaban J connectivity index is 1.82. The van der Waals surface area contributed by atoms with Crippen LogP contribution in [0.25, 0.3) is 0 Å². The molecule has 1 fully saturated rings. The van der Waals surface area contributed by atoms with E-state index in [1.165, 1.54) is 0 Å². The topological polar surface area (TPSA) is 95.9 Å². The number of carbonyl (C=O) groups is 3. The molecule has 0 bridgehead atoms. The molecule has 2 aromatic carbocycles. The van der Waals surface area contributed by atoms with E-state index in [1.807, 2.05) is 6.07 Å². The molecule has 29 heavy (non-hydrogen) atoms. The number of nitrogens with one attached hydrogen (secondary N) is 1. The maximum atomic E-state index is 13.0. The Morgan fingerprint density at radius 1 is 1.17 bits per heavy atom. The molecule has 2 atom stereocenters. The number of nitrogens with zero attached hydrogens (tertiary/aromatic N) is 1. The average Bonchev–Trinajstić information content (AvgIpc) is 3.28. The van der Waals surface area contributed by atoms with Crippen LogP contribution in [0.1, 0.15) is 24.0 Å². The van der Waals surface area contributed by atoms with Crippen molar-refractivity contribution in [2.24, 2.45) is 0 Å². The normalized spacial score (nSPS) is 16.8. The van der Waals surface area contributed by atoms with Crippen molar-refractivity contribution in [2.45, 2.75) is 38.0 Å². The predicted molar refractivity (Wildman–Crippen MR) is 105 cm³/mol. The first-order chi connectivity index (χ1) is 14.1. The van der Waals surface area contributed by atoms with Gasteiger partial charge in [0.1, 0.15) is 12.6 Å². The second-order valence-electron chi connectivity index (χ2n) is 6.84. The summed E-state index contributed by atoms with van der Waals surface area (Å²) in [7, 11) is 0. The lowest BCUT2D eigenvalue weighted by Crippen LogP contribution is -2.55. The van der Waals surface area contributed by atoms with E-state index in [-0.39, 0.29) is 13.0 Å². The van der Waals surface area contributed by atoms with Crippen LogP contribution in [0, 0.1) is 6.07 Å². The van der Waals surface area contributed by atoms with Gasteiger partial charge >= 0.3 is 12.1 Å². The fraction of sp³-hybridized carbons (Fsp3) is 0.318. The van der Waals surface area contributed by atoms with Crippen LogP contribution >= 0.6 is 0 Å². The summed E-state index contributed by atoms with van der Waals surface area (Å²) in [5, 5.41) is 12.8. The summed E-state index contributed by atoms with van der Waals surface area (Å²) in [5.41, 5.74) is 1.34. The molecular formula is C22H23N2O5. The lowest BCUT2D eigenvalue weighted by molar-refractivity contribution is -0.149. The van der Waals surface area contributed by atoms with Crippen LogP contribution in [0.4, 0.5) is 4.79 Å².